The van der Waals surface area contributed by atoms with Gasteiger partial charge in [-0.1, -0.05) is 11.2 Å². The summed E-state index contributed by atoms with van der Waals surface area (Å²) in [4.78, 5) is 23.4. The maximum absolute atomic E-state index is 14.0. The number of thiazole rings is 1. The lowest BCUT2D eigenvalue weighted by molar-refractivity contribution is -0.119. The number of likely N-dealkylation sites (tertiary alicyclic amines) is 1. The topological polar surface area (TPSA) is 84.0 Å². The number of aldehydes is 1. The molecule has 2 aromatic rings. The molecule has 3 heterocycles. The van der Waals surface area contributed by atoms with Crippen LogP contribution in [0.15, 0.2) is 28.7 Å². The molecule has 0 aliphatic carbocycles. The summed E-state index contributed by atoms with van der Waals surface area (Å²) >= 11 is 1.55. The highest BCUT2D eigenvalue weighted by atomic mass is 32.1. The van der Waals surface area contributed by atoms with Gasteiger partial charge in [0, 0.05) is 37.9 Å². The van der Waals surface area contributed by atoms with Crippen LogP contribution in [0.4, 0.5) is 8.78 Å². The maximum Gasteiger partial charge on any atom is 0.164 e. The van der Waals surface area contributed by atoms with Crippen LogP contribution < -0.4 is 5.84 Å². The monoisotopic (exact) mass is 435 g/mol. The van der Waals surface area contributed by atoms with Crippen LogP contribution in [-0.2, 0) is 9.63 Å². The lowest BCUT2D eigenvalue weighted by Crippen LogP contribution is -2.53. The minimum Gasteiger partial charge on any atom is -0.387 e. The zero-order chi connectivity index (χ0) is 21.3. The van der Waals surface area contributed by atoms with E-state index in [2.05, 4.69) is 10.1 Å². The Morgan fingerprint density at radius 1 is 1.33 bits per heavy atom. The molecule has 2 aliphatic heterocycles. The SMILES string of the molecule is CN(N)C(C=O)N1CCC(c2nc(C3=NOC(c4c(F)cccc4F)C3)cs2)CC1. The van der Waals surface area contributed by atoms with Crippen LogP contribution in [-0.4, -0.2) is 53.2 Å². The van der Waals surface area contributed by atoms with Gasteiger partial charge in [-0.3, -0.25) is 10.7 Å². The highest BCUT2D eigenvalue weighted by Gasteiger charge is 2.32. The van der Waals surface area contributed by atoms with Crippen LogP contribution in [0.1, 0.15) is 47.5 Å². The van der Waals surface area contributed by atoms with Crippen molar-refractivity contribution >= 4 is 23.3 Å². The maximum atomic E-state index is 14.0. The third-order valence-electron chi connectivity index (χ3n) is 5.60. The Hall–Kier alpha value is -2.27. The van der Waals surface area contributed by atoms with Gasteiger partial charge in [0.1, 0.15) is 23.5 Å². The van der Waals surface area contributed by atoms with Crippen LogP contribution in [0, 0.1) is 11.6 Å². The molecular formula is C20H23F2N5O2S. The predicted molar refractivity (Wildman–Crippen MR) is 109 cm³/mol. The van der Waals surface area contributed by atoms with Crippen molar-refractivity contribution in [2.24, 2.45) is 11.0 Å². The minimum absolute atomic E-state index is 0.103. The Morgan fingerprint density at radius 2 is 2.03 bits per heavy atom. The summed E-state index contributed by atoms with van der Waals surface area (Å²) in [6.07, 6.45) is 1.66. The Morgan fingerprint density at radius 3 is 2.67 bits per heavy atom. The molecule has 2 aliphatic rings. The number of carbonyl (C=O) groups is 1. The van der Waals surface area contributed by atoms with E-state index in [-0.39, 0.29) is 17.9 Å². The summed E-state index contributed by atoms with van der Waals surface area (Å²) in [7, 11) is 1.68. The number of hydrogen-bond donors (Lipinski definition) is 1. The lowest BCUT2D eigenvalue weighted by atomic mass is 9.97. The van der Waals surface area contributed by atoms with Gasteiger partial charge in [0.2, 0.25) is 0 Å². The first-order valence-corrected chi connectivity index (χ1v) is 10.6. The molecule has 7 nitrogen and oxygen atoms in total. The molecule has 0 bridgehead atoms. The molecule has 160 valence electrons. The minimum atomic E-state index is -0.789. The average Bonchev–Trinajstić information content (AvgIpc) is 3.38. The quantitative estimate of drug-likeness (QED) is 0.427. The molecule has 10 heteroatoms. The van der Waals surface area contributed by atoms with Crippen molar-refractivity contribution in [1.82, 2.24) is 14.9 Å². The van der Waals surface area contributed by atoms with E-state index in [0.29, 0.717) is 11.4 Å². The summed E-state index contributed by atoms with van der Waals surface area (Å²) in [5, 5.41) is 8.36. The molecule has 1 aromatic carbocycles. The van der Waals surface area contributed by atoms with Gasteiger partial charge in [0.15, 0.2) is 12.4 Å². The molecule has 1 fully saturated rings. The van der Waals surface area contributed by atoms with Gasteiger partial charge in [-0.05, 0) is 25.0 Å². The van der Waals surface area contributed by atoms with Crippen molar-refractivity contribution in [3.05, 3.63) is 51.5 Å². The van der Waals surface area contributed by atoms with E-state index < -0.39 is 23.9 Å². The number of hydrogen-bond acceptors (Lipinski definition) is 8. The molecule has 0 saturated carbocycles. The van der Waals surface area contributed by atoms with Gasteiger partial charge < -0.3 is 9.63 Å². The van der Waals surface area contributed by atoms with E-state index in [1.54, 1.807) is 18.4 Å². The standard InChI is InChI=1S/C20H23F2N5O2S/c1-26(23)18(10-28)27-7-5-12(6-8-27)20-24-16(11-30-20)15-9-17(29-25-15)19-13(21)3-2-4-14(19)22/h2-4,10-12,17-18H,5-9,23H2,1H3. The normalized spacial score (nSPS) is 21.5. The zero-order valence-electron chi connectivity index (χ0n) is 16.5. The number of halogens is 2. The first-order valence-electron chi connectivity index (χ1n) is 9.77. The van der Waals surface area contributed by atoms with Crippen LogP contribution in [0.2, 0.25) is 0 Å². The third kappa shape index (κ3) is 4.13. The van der Waals surface area contributed by atoms with Crippen molar-refractivity contribution < 1.29 is 18.4 Å². The van der Waals surface area contributed by atoms with Crippen LogP contribution in [0.25, 0.3) is 0 Å². The van der Waals surface area contributed by atoms with Crippen molar-refractivity contribution in [2.45, 2.75) is 37.5 Å². The van der Waals surface area contributed by atoms with E-state index in [9.17, 15) is 13.6 Å². The zero-order valence-corrected chi connectivity index (χ0v) is 17.3. The van der Waals surface area contributed by atoms with E-state index in [4.69, 9.17) is 15.7 Å². The molecule has 2 atom stereocenters. The number of nitrogens with two attached hydrogens (primary N) is 1. The largest absolute Gasteiger partial charge is 0.387 e. The number of piperidine rings is 1. The number of benzene rings is 1. The Kier molecular flexibility index (Phi) is 6.19. The van der Waals surface area contributed by atoms with E-state index in [0.717, 1.165) is 37.2 Å². The Balaban J connectivity index is 1.39. The van der Waals surface area contributed by atoms with Crippen molar-refractivity contribution in [3.8, 4) is 0 Å². The van der Waals surface area contributed by atoms with Crippen LogP contribution in [0.3, 0.4) is 0 Å². The van der Waals surface area contributed by atoms with Crippen LogP contribution >= 0.6 is 11.3 Å². The van der Waals surface area contributed by atoms with Gasteiger partial charge in [0.25, 0.3) is 0 Å². The van der Waals surface area contributed by atoms with Crippen LogP contribution in [0.5, 0.6) is 0 Å². The highest BCUT2D eigenvalue weighted by Crippen LogP contribution is 2.35. The van der Waals surface area contributed by atoms with Crippen molar-refractivity contribution in [3.63, 3.8) is 0 Å². The summed E-state index contributed by atoms with van der Waals surface area (Å²) in [5.74, 6) is 4.76. The third-order valence-corrected chi connectivity index (χ3v) is 6.61. The summed E-state index contributed by atoms with van der Waals surface area (Å²) in [6.45, 7) is 1.51. The predicted octanol–water partition coefficient (Wildman–Crippen LogP) is 2.80. The fraction of sp³-hybridized carbons (Fsp3) is 0.450. The number of oxime groups is 1. The summed E-state index contributed by atoms with van der Waals surface area (Å²) < 4.78 is 28.0. The first kappa shape index (κ1) is 21.0. The van der Waals surface area contributed by atoms with Gasteiger partial charge in [-0.2, -0.15) is 0 Å². The molecule has 30 heavy (non-hydrogen) atoms. The van der Waals surface area contributed by atoms with Gasteiger partial charge in [0.05, 0.1) is 16.3 Å². The second kappa shape index (κ2) is 8.84. The molecule has 0 radical (unpaired) electrons. The highest BCUT2D eigenvalue weighted by molar-refractivity contribution is 7.10. The summed E-state index contributed by atoms with van der Waals surface area (Å²) in [6, 6.07) is 3.75. The molecule has 4 rings (SSSR count). The number of rotatable bonds is 6. The van der Waals surface area contributed by atoms with Gasteiger partial charge in [-0.25, -0.2) is 18.8 Å². The Bertz CT molecular complexity index is 923. The smallest absolute Gasteiger partial charge is 0.164 e. The molecule has 2 N–H and O–H groups in total. The first-order chi connectivity index (χ1) is 14.5. The van der Waals surface area contributed by atoms with Gasteiger partial charge in [-0.15, -0.1) is 11.3 Å². The average molecular weight is 436 g/mol. The van der Waals surface area contributed by atoms with Crippen molar-refractivity contribution in [2.75, 3.05) is 20.1 Å². The summed E-state index contributed by atoms with van der Waals surface area (Å²) in [5.41, 5.74) is 1.17. The number of likely N-dealkylation sites (N-methyl/N-ethyl adjacent to an activating group) is 1. The second-order valence-corrected chi connectivity index (χ2v) is 8.46. The number of hydrazine groups is 1. The number of nitrogens with zero attached hydrogens (tertiary/aromatic N) is 4. The fourth-order valence-electron chi connectivity index (χ4n) is 3.96. The number of aromatic nitrogens is 1. The second-order valence-electron chi connectivity index (χ2n) is 7.57. The molecule has 1 saturated heterocycles. The Labute approximate surface area is 177 Å². The van der Waals surface area contributed by atoms with Gasteiger partial charge >= 0.3 is 0 Å². The fourth-order valence-corrected chi connectivity index (χ4v) is 4.96. The van der Waals surface area contributed by atoms with E-state index in [1.165, 1.54) is 23.2 Å². The molecule has 1 aromatic heterocycles. The molecule has 0 spiro atoms. The molecular weight excluding hydrogens is 412 g/mol. The molecule has 0 amide bonds. The lowest BCUT2D eigenvalue weighted by Gasteiger charge is -2.36. The number of carbonyl (C=O) groups excluding carboxylic acids is 1. The van der Waals surface area contributed by atoms with E-state index in [1.807, 2.05) is 5.38 Å². The van der Waals surface area contributed by atoms with E-state index >= 15 is 0 Å². The molecule has 2 unspecified atom stereocenters. The van der Waals surface area contributed by atoms with Crippen molar-refractivity contribution in [1.29, 1.82) is 0 Å².